The summed E-state index contributed by atoms with van der Waals surface area (Å²) in [5.41, 5.74) is 1.58. The van der Waals surface area contributed by atoms with Crippen LogP contribution in [0.5, 0.6) is 5.75 Å². The first-order valence-electron chi connectivity index (χ1n) is 6.43. The van der Waals surface area contributed by atoms with Gasteiger partial charge in [0.1, 0.15) is 11.6 Å². The summed E-state index contributed by atoms with van der Waals surface area (Å²) in [6, 6.07) is 13.6. The van der Waals surface area contributed by atoms with Crippen molar-refractivity contribution < 1.29 is 9.13 Å². The maximum absolute atomic E-state index is 13.0. The zero-order chi connectivity index (χ0) is 15.5. The van der Waals surface area contributed by atoms with Crippen LogP contribution in [0.1, 0.15) is 0 Å². The molecule has 2 aromatic carbocycles. The number of hydrogen-bond acceptors (Lipinski definition) is 5. The van der Waals surface area contributed by atoms with Gasteiger partial charge < -0.3 is 10.1 Å². The van der Waals surface area contributed by atoms with Crippen LogP contribution in [-0.4, -0.2) is 16.9 Å². The molecule has 7 heteroatoms. The van der Waals surface area contributed by atoms with Crippen molar-refractivity contribution >= 4 is 34.4 Å². The predicted molar refractivity (Wildman–Crippen MR) is 88.5 cm³/mol. The summed E-state index contributed by atoms with van der Waals surface area (Å²) in [6.45, 7) is 0. The van der Waals surface area contributed by atoms with Crippen molar-refractivity contribution in [2.24, 2.45) is 0 Å². The van der Waals surface area contributed by atoms with Crippen LogP contribution in [0.15, 0.2) is 48.5 Å². The Hall–Kier alpha value is -2.25. The van der Waals surface area contributed by atoms with Crippen molar-refractivity contribution in [1.29, 1.82) is 0 Å². The smallest absolute Gasteiger partial charge is 0.209 e. The van der Waals surface area contributed by atoms with E-state index in [0.717, 1.165) is 17.1 Å². The van der Waals surface area contributed by atoms with Gasteiger partial charge in [-0.3, -0.25) is 0 Å². The van der Waals surface area contributed by atoms with Crippen LogP contribution < -0.4 is 10.1 Å². The molecule has 4 nitrogen and oxygen atoms in total. The molecule has 0 spiro atoms. The lowest BCUT2D eigenvalue weighted by Gasteiger charge is -2.04. The van der Waals surface area contributed by atoms with Gasteiger partial charge in [-0.1, -0.05) is 17.4 Å². The van der Waals surface area contributed by atoms with E-state index in [2.05, 4.69) is 10.4 Å². The van der Waals surface area contributed by atoms with Crippen LogP contribution in [0.3, 0.4) is 0 Å². The van der Waals surface area contributed by atoms with Gasteiger partial charge in [0.2, 0.25) is 5.13 Å². The summed E-state index contributed by atoms with van der Waals surface area (Å²) >= 11 is 6.66. The Kier molecular flexibility index (Phi) is 4.17. The standard InChI is InChI=1S/C15H12FN3OS2/c1-20-13-4-2-3-11(9-13)17-14-18-19(15(21)22-14)12-7-5-10(16)6-8-12/h2-9H,1H3,(H,17,18). The highest BCUT2D eigenvalue weighted by Crippen LogP contribution is 2.24. The topological polar surface area (TPSA) is 39.1 Å². The van der Waals surface area contributed by atoms with E-state index in [4.69, 9.17) is 17.0 Å². The number of aromatic nitrogens is 2. The van der Waals surface area contributed by atoms with Crippen molar-refractivity contribution in [3.05, 3.63) is 58.3 Å². The van der Waals surface area contributed by atoms with Crippen molar-refractivity contribution in [2.75, 3.05) is 12.4 Å². The Bertz CT molecular complexity index is 842. The fourth-order valence-electron chi connectivity index (χ4n) is 1.90. The molecule has 0 aliphatic rings. The van der Waals surface area contributed by atoms with Crippen LogP contribution >= 0.6 is 23.6 Å². The number of benzene rings is 2. The molecule has 1 N–H and O–H groups in total. The van der Waals surface area contributed by atoms with Gasteiger partial charge in [0.25, 0.3) is 0 Å². The lowest BCUT2D eigenvalue weighted by molar-refractivity contribution is 0.415. The van der Waals surface area contributed by atoms with Gasteiger partial charge in [-0.05, 0) is 48.6 Å². The first kappa shape index (κ1) is 14.7. The Balaban J connectivity index is 1.88. The molecule has 22 heavy (non-hydrogen) atoms. The number of hydrogen-bond donors (Lipinski definition) is 1. The highest BCUT2D eigenvalue weighted by atomic mass is 32.1. The maximum Gasteiger partial charge on any atom is 0.209 e. The van der Waals surface area contributed by atoms with E-state index in [1.165, 1.54) is 23.5 Å². The molecule has 1 aromatic heterocycles. The second kappa shape index (κ2) is 6.25. The Morgan fingerprint density at radius 2 is 2.00 bits per heavy atom. The fourth-order valence-corrected chi connectivity index (χ4v) is 2.97. The van der Waals surface area contributed by atoms with E-state index >= 15 is 0 Å². The number of anilines is 2. The Morgan fingerprint density at radius 1 is 1.23 bits per heavy atom. The number of ether oxygens (including phenoxy) is 1. The van der Waals surface area contributed by atoms with Gasteiger partial charge in [-0.2, -0.15) is 0 Å². The molecule has 3 rings (SSSR count). The van der Waals surface area contributed by atoms with Crippen molar-refractivity contribution in [2.45, 2.75) is 0 Å². The van der Waals surface area contributed by atoms with E-state index in [-0.39, 0.29) is 5.82 Å². The quantitative estimate of drug-likeness (QED) is 0.711. The predicted octanol–water partition coefficient (Wildman–Crippen LogP) is 4.55. The van der Waals surface area contributed by atoms with Gasteiger partial charge in [-0.25, -0.2) is 9.07 Å². The second-order valence-corrected chi connectivity index (χ2v) is 6.04. The third kappa shape index (κ3) is 3.15. The molecule has 0 aliphatic heterocycles. The highest BCUT2D eigenvalue weighted by Gasteiger charge is 2.07. The molecule has 0 amide bonds. The summed E-state index contributed by atoms with van der Waals surface area (Å²) in [6.07, 6.45) is 0. The minimum absolute atomic E-state index is 0.291. The van der Waals surface area contributed by atoms with Crippen LogP contribution in [-0.2, 0) is 0 Å². The van der Waals surface area contributed by atoms with Gasteiger partial charge in [0.05, 0.1) is 12.8 Å². The number of rotatable bonds is 4. The van der Waals surface area contributed by atoms with E-state index in [0.29, 0.717) is 9.09 Å². The molecule has 0 saturated heterocycles. The number of nitrogens with zero attached hydrogens (tertiary/aromatic N) is 2. The van der Waals surface area contributed by atoms with Gasteiger partial charge in [0.15, 0.2) is 3.95 Å². The third-order valence-electron chi connectivity index (χ3n) is 2.94. The summed E-state index contributed by atoms with van der Waals surface area (Å²) in [5.74, 6) is 0.465. The molecule has 0 saturated carbocycles. The van der Waals surface area contributed by atoms with Gasteiger partial charge in [0, 0.05) is 11.8 Å². The lowest BCUT2D eigenvalue weighted by Crippen LogP contribution is -1.98. The molecular formula is C15H12FN3OS2. The summed E-state index contributed by atoms with van der Waals surface area (Å²) in [7, 11) is 1.62. The Morgan fingerprint density at radius 3 is 2.73 bits per heavy atom. The largest absolute Gasteiger partial charge is 0.497 e. The van der Waals surface area contributed by atoms with Crippen LogP contribution in [0.25, 0.3) is 5.69 Å². The van der Waals surface area contributed by atoms with E-state index in [9.17, 15) is 4.39 Å². The summed E-state index contributed by atoms with van der Waals surface area (Å²) in [5, 5.41) is 8.26. The highest BCUT2D eigenvalue weighted by molar-refractivity contribution is 7.73. The molecule has 0 bridgehead atoms. The normalized spacial score (nSPS) is 10.5. The molecule has 0 fully saturated rings. The maximum atomic E-state index is 13.0. The third-order valence-corrected chi connectivity index (χ3v) is 4.09. The van der Waals surface area contributed by atoms with E-state index in [1.54, 1.807) is 23.9 Å². The number of halogens is 1. The average molecular weight is 333 g/mol. The number of methoxy groups -OCH3 is 1. The van der Waals surface area contributed by atoms with E-state index in [1.807, 2.05) is 24.3 Å². The summed E-state index contributed by atoms with van der Waals surface area (Å²) < 4.78 is 20.4. The van der Waals surface area contributed by atoms with Crippen molar-refractivity contribution in [3.8, 4) is 11.4 Å². The second-order valence-electron chi connectivity index (χ2n) is 4.42. The lowest BCUT2D eigenvalue weighted by atomic mass is 10.3. The van der Waals surface area contributed by atoms with Crippen LogP contribution in [0.2, 0.25) is 0 Å². The molecular weight excluding hydrogens is 321 g/mol. The molecule has 0 unspecified atom stereocenters. The van der Waals surface area contributed by atoms with Crippen molar-refractivity contribution in [3.63, 3.8) is 0 Å². The average Bonchev–Trinajstić information content (AvgIpc) is 2.89. The zero-order valence-electron chi connectivity index (χ0n) is 11.6. The van der Waals surface area contributed by atoms with E-state index < -0.39 is 0 Å². The SMILES string of the molecule is COc1cccc(Nc2nn(-c3ccc(F)cc3)c(=S)s2)c1. The Labute approximate surface area is 135 Å². The molecule has 1 heterocycles. The van der Waals surface area contributed by atoms with Gasteiger partial charge >= 0.3 is 0 Å². The molecule has 0 atom stereocenters. The fraction of sp³-hybridized carbons (Fsp3) is 0.0667. The molecule has 0 aliphatic carbocycles. The minimum Gasteiger partial charge on any atom is -0.497 e. The molecule has 0 radical (unpaired) electrons. The van der Waals surface area contributed by atoms with Crippen molar-refractivity contribution in [1.82, 2.24) is 9.78 Å². The zero-order valence-corrected chi connectivity index (χ0v) is 13.2. The molecule has 3 aromatic rings. The summed E-state index contributed by atoms with van der Waals surface area (Å²) in [4.78, 5) is 0. The van der Waals surface area contributed by atoms with Crippen LogP contribution in [0.4, 0.5) is 15.2 Å². The monoisotopic (exact) mass is 333 g/mol. The first-order valence-corrected chi connectivity index (χ1v) is 7.65. The molecule has 112 valence electrons. The minimum atomic E-state index is -0.291. The number of nitrogens with one attached hydrogen (secondary N) is 1. The van der Waals surface area contributed by atoms with Gasteiger partial charge in [-0.15, -0.1) is 5.10 Å². The van der Waals surface area contributed by atoms with Crippen LogP contribution in [0, 0.1) is 9.77 Å². The first-order chi connectivity index (χ1) is 10.7.